The number of nitrogens with one attached hydrogen (secondary N) is 2. The fourth-order valence-electron chi connectivity index (χ4n) is 6.33. The molecule has 11 nitrogen and oxygen atoms in total. The highest BCUT2D eigenvalue weighted by molar-refractivity contribution is 5.85. The summed E-state index contributed by atoms with van der Waals surface area (Å²) in [7, 11) is 0. The van der Waals surface area contributed by atoms with E-state index in [2.05, 4.69) is 20.7 Å². The van der Waals surface area contributed by atoms with E-state index in [0.29, 0.717) is 73.2 Å². The smallest absolute Gasteiger partial charge is 0.410 e. The van der Waals surface area contributed by atoms with Crippen LogP contribution in [0.1, 0.15) is 69.8 Å². The molecule has 254 valence electrons. The number of carbonyl (C=O) groups is 1. The zero-order valence-corrected chi connectivity index (χ0v) is 27.4. The van der Waals surface area contributed by atoms with Crippen molar-refractivity contribution in [1.82, 2.24) is 19.8 Å². The van der Waals surface area contributed by atoms with E-state index in [9.17, 15) is 20.3 Å². The molecule has 1 unspecified atom stereocenters. The van der Waals surface area contributed by atoms with Gasteiger partial charge in [-0.25, -0.2) is 23.5 Å². The monoisotopic (exact) mass is 663 g/mol. The van der Waals surface area contributed by atoms with Crippen LogP contribution in [0.5, 0.6) is 0 Å². The first-order chi connectivity index (χ1) is 22.7. The van der Waals surface area contributed by atoms with Gasteiger partial charge in [0.1, 0.15) is 17.1 Å². The molecule has 1 saturated heterocycles. The van der Waals surface area contributed by atoms with Crippen molar-refractivity contribution in [2.45, 2.75) is 77.5 Å². The molecule has 0 saturated carbocycles. The SMILES string of the molecule is CCc1cc2c(c([N+](O)(O)Nc3ccc(F)c(-c4ccc5nc(NC6CCN(C(=O)OC(C)(C)C)CC6)ncc5c4)c3F)c1)CCC2O. The number of carbonyl (C=O) groups excluding carboxylic acids is 1. The van der Waals surface area contributed by atoms with Crippen molar-refractivity contribution < 1.29 is 33.8 Å². The van der Waals surface area contributed by atoms with Gasteiger partial charge < -0.3 is 20.1 Å². The van der Waals surface area contributed by atoms with E-state index in [1.54, 1.807) is 35.4 Å². The predicted octanol–water partition coefficient (Wildman–Crippen LogP) is 7.04. The van der Waals surface area contributed by atoms with Gasteiger partial charge in [-0.3, -0.25) is 0 Å². The standard InChI is InChI=1S/C35H41F2N6O5/c1-5-20-16-25-24(7-11-30(25)44)29(17-20)43(46,47)41-28-10-8-26(36)31(32(28)37)21-6-9-27-22(18-21)19-38-33(40-27)39-23-12-14-42(15-13-23)34(45)48-35(2,3)4/h6,8-10,16-19,23,30,41,44,46-47H,5,7,11-15H2,1-4H3,(H,38,39,40)/q+1. The number of halogens is 2. The van der Waals surface area contributed by atoms with Gasteiger partial charge in [-0.2, -0.15) is 5.43 Å². The van der Waals surface area contributed by atoms with Crippen LogP contribution in [0, 0.1) is 11.6 Å². The van der Waals surface area contributed by atoms with Crippen LogP contribution in [0.3, 0.4) is 0 Å². The van der Waals surface area contributed by atoms with E-state index < -0.39 is 28.3 Å². The van der Waals surface area contributed by atoms with Crippen molar-refractivity contribution in [2.75, 3.05) is 23.8 Å². The number of benzene rings is 3. The molecule has 4 aromatic rings. The number of aryl methyl sites for hydroxylation is 1. The van der Waals surface area contributed by atoms with Crippen LogP contribution >= 0.6 is 0 Å². The van der Waals surface area contributed by atoms with Gasteiger partial charge in [-0.1, -0.05) is 19.1 Å². The van der Waals surface area contributed by atoms with Crippen molar-refractivity contribution in [3.05, 3.63) is 77.0 Å². The van der Waals surface area contributed by atoms with Gasteiger partial charge >= 0.3 is 6.09 Å². The second-order valence-electron chi connectivity index (χ2n) is 13.4. The first-order valence-electron chi connectivity index (χ1n) is 16.2. The molecule has 1 aliphatic heterocycles. The summed E-state index contributed by atoms with van der Waals surface area (Å²) in [5.74, 6) is -1.44. The molecule has 48 heavy (non-hydrogen) atoms. The summed E-state index contributed by atoms with van der Waals surface area (Å²) in [4.78, 5) is 21.2. The Kier molecular flexibility index (Phi) is 8.98. The quantitative estimate of drug-likeness (QED) is 0.104. The molecule has 0 radical (unpaired) electrons. The summed E-state index contributed by atoms with van der Waals surface area (Å²) in [5.41, 5.74) is 3.94. The predicted molar refractivity (Wildman–Crippen MR) is 177 cm³/mol. The number of rotatable bonds is 7. The number of piperidine rings is 1. The molecule has 2 aliphatic rings. The number of fused-ring (bicyclic) bond motifs is 2. The third kappa shape index (κ3) is 6.90. The highest BCUT2D eigenvalue weighted by Gasteiger charge is 2.38. The lowest BCUT2D eigenvalue weighted by Gasteiger charge is -2.33. The lowest BCUT2D eigenvalue weighted by atomic mass is 10.0. The Morgan fingerprint density at radius 2 is 1.83 bits per heavy atom. The summed E-state index contributed by atoms with van der Waals surface area (Å²) >= 11 is 0. The Morgan fingerprint density at radius 1 is 1.08 bits per heavy atom. The number of quaternary nitrogens is 1. The van der Waals surface area contributed by atoms with Crippen LogP contribution in [-0.4, -0.2) is 61.2 Å². The summed E-state index contributed by atoms with van der Waals surface area (Å²) in [5, 5.41) is 36.5. The molecule has 1 fully saturated rings. The van der Waals surface area contributed by atoms with Crippen molar-refractivity contribution in [1.29, 1.82) is 0 Å². The van der Waals surface area contributed by atoms with Gasteiger partial charge in [-0.05, 0) is 93.8 Å². The first kappa shape index (κ1) is 33.5. The maximum absolute atomic E-state index is 16.0. The Bertz CT molecular complexity index is 1860. The highest BCUT2D eigenvalue weighted by atomic mass is 19.1. The lowest BCUT2D eigenvalue weighted by molar-refractivity contribution is -0.273. The van der Waals surface area contributed by atoms with Gasteiger partial charge in [0.25, 0.3) is 0 Å². The molecule has 2 heterocycles. The molecule has 1 amide bonds. The van der Waals surface area contributed by atoms with Crippen molar-refractivity contribution >= 4 is 34.3 Å². The first-order valence-corrected chi connectivity index (χ1v) is 16.2. The maximum Gasteiger partial charge on any atom is 0.410 e. The molecule has 1 aromatic heterocycles. The average molecular weight is 664 g/mol. The summed E-state index contributed by atoms with van der Waals surface area (Å²) in [6, 6.07) is 10.4. The van der Waals surface area contributed by atoms with Gasteiger partial charge in [0.05, 0.1) is 22.1 Å². The number of ether oxygens (including phenoxy) is 1. The van der Waals surface area contributed by atoms with Crippen LogP contribution in [-0.2, 0) is 17.6 Å². The molecular formula is C35H41F2N6O5+. The normalized spacial score (nSPS) is 17.0. The van der Waals surface area contributed by atoms with Crippen LogP contribution in [0.4, 0.5) is 30.9 Å². The summed E-state index contributed by atoms with van der Waals surface area (Å²) in [6.07, 6.45) is 3.33. The number of aromatic nitrogens is 2. The third-order valence-electron chi connectivity index (χ3n) is 8.81. The topological polar surface area (TPSA) is 140 Å². The number of likely N-dealkylation sites (tertiary alicyclic amines) is 1. The van der Waals surface area contributed by atoms with Crippen molar-refractivity contribution in [2.24, 2.45) is 0 Å². The highest BCUT2D eigenvalue weighted by Crippen LogP contribution is 2.41. The molecular weight excluding hydrogens is 622 g/mol. The second kappa shape index (κ2) is 12.9. The van der Waals surface area contributed by atoms with Crippen LogP contribution in [0.25, 0.3) is 22.0 Å². The number of aliphatic hydroxyl groups is 1. The fraction of sp³-hybridized carbons (Fsp3) is 0.400. The van der Waals surface area contributed by atoms with E-state index in [0.717, 1.165) is 17.7 Å². The van der Waals surface area contributed by atoms with Gasteiger partial charge in [0.15, 0.2) is 5.82 Å². The molecule has 5 N–H and O–H groups in total. The fourth-order valence-corrected chi connectivity index (χ4v) is 6.33. The number of hydrogen-bond acceptors (Lipinski definition) is 9. The van der Waals surface area contributed by atoms with Gasteiger partial charge in [0.2, 0.25) is 11.6 Å². The zero-order chi connectivity index (χ0) is 34.4. The minimum absolute atomic E-state index is 0.0537. The Labute approximate surface area is 277 Å². The summed E-state index contributed by atoms with van der Waals surface area (Å²) < 4.78 is 36.6. The van der Waals surface area contributed by atoms with Gasteiger partial charge in [-0.15, -0.1) is 10.4 Å². The van der Waals surface area contributed by atoms with E-state index >= 15 is 8.78 Å². The van der Waals surface area contributed by atoms with Crippen molar-refractivity contribution in [3.63, 3.8) is 0 Å². The summed E-state index contributed by atoms with van der Waals surface area (Å²) in [6.45, 7) is 8.49. The molecule has 1 aliphatic carbocycles. The van der Waals surface area contributed by atoms with Crippen LogP contribution in [0.2, 0.25) is 0 Å². The Balaban J connectivity index is 1.19. The molecule has 0 bridgehead atoms. The maximum atomic E-state index is 16.0. The Hall–Kier alpha value is -4.43. The average Bonchev–Trinajstić information content (AvgIpc) is 3.41. The molecule has 1 atom stereocenters. The zero-order valence-electron chi connectivity index (χ0n) is 27.4. The molecule has 0 spiro atoms. The van der Waals surface area contributed by atoms with Gasteiger partial charge in [0, 0.05) is 42.3 Å². The number of hydrogen-bond donors (Lipinski definition) is 5. The van der Waals surface area contributed by atoms with Crippen molar-refractivity contribution in [3.8, 4) is 11.1 Å². The van der Waals surface area contributed by atoms with Crippen LogP contribution in [0.15, 0.2) is 48.7 Å². The van der Waals surface area contributed by atoms with E-state index in [-0.39, 0.29) is 34.6 Å². The Morgan fingerprint density at radius 3 is 2.54 bits per heavy atom. The molecule has 3 aromatic carbocycles. The largest absolute Gasteiger partial charge is 0.444 e. The van der Waals surface area contributed by atoms with Crippen LogP contribution < -0.4 is 15.7 Å². The third-order valence-corrected chi connectivity index (χ3v) is 8.81. The second-order valence-corrected chi connectivity index (χ2v) is 13.4. The minimum Gasteiger partial charge on any atom is -0.444 e. The number of nitrogens with zero attached hydrogens (tertiary/aromatic N) is 4. The minimum atomic E-state index is -1.88. The van der Waals surface area contributed by atoms with E-state index in [1.165, 1.54) is 0 Å². The molecule has 13 heteroatoms. The molecule has 6 rings (SSSR count). The van der Waals surface area contributed by atoms with E-state index in [1.807, 2.05) is 33.8 Å². The van der Waals surface area contributed by atoms with E-state index in [4.69, 9.17) is 4.74 Å². The number of aliphatic hydroxyl groups excluding tert-OH is 1. The number of amides is 1. The lowest BCUT2D eigenvalue weighted by Crippen LogP contribution is -2.48. The number of anilines is 2.